The number of H-pyrrole nitrogens is 1. The average Bonchev–Trinajstić information content (AvgIpc) is 2.73. The highest BCUT2D eigenvalue weighted by atomic mass is 79.9. The van der Waals surface area contributed by atoms with E-state index in [2.05, 4.69) is 31.2 Å². The van der Waals surface area contributed by atoms with Gasteiger partial charge in [-0.1, -0.05) is 0 Å². The van der Waals surface area contributed by atoms with Crippen LogP contribution < -0.4 is 15.6 Å². The quantitative estimate of drug-likeness (QED) is 0.843. The summed E-state index contributed by atoms with van der Waals surface area (Å²) in [7, 11) is 0. The van der Waals surface area contributed by atoms with Gasteiger partial charge >= 0.3 is 0 Å². The van der Waals surface area contributed by atoms with Crippen LogP contribution in [0.25, 0.3) is 0 Å². The number of rotatable bonds is 3. The largest absolute Gasteiger partial charge is 0.476 e. The monoisotopic (exact) mass is 273 g/mol. The zero-order chi connectivity index (χ0) is 10.7. The average molecular weight is 274 g/mol. The van der Waals surface area contributed by atoms with E-state index in [1.807, 2.05) is 0 Å². The van der Waals surface area contributed by atoms with Gasteiger partial charge in [-0.15, -0.1) is 0 Å². The Balaban J connectivity index is 1.98. The summed E-state index contributed by atoms with van der Waals surface area (Å²) in [5.74, 6) is 0.878. The molecular formula is C9H12BrN3O2. The van der Waals surface area contributed by atoms with Crippen LogP contribution in [0.1, 0.15) is 6.42 Å². The van der Waals surface area contributed by atoms with Gasteiger partial charge in [0.05, 0.1) is 12.9 Å². The zero-order valence-corrected chi connectivity index (χ0v) is 9.71. The van der Waals surface area contributed by atoms with E-state index in [0.29, 0.717) is 22.9 Å². The molecule has 0 aliphatic carbocycles. The molecule has 0 amide bonds. The van der Waals surface area contributed by atoms with E-state index < -0.39 is 0 Å². The molecule has 1 aliphatic heterocycles. The van der Waals surface area contributed by atoms with E-state index in [1.165, 1.54) is 6.33 Å². The molecule has 1 fully saturated rings. The highest BCUT2D eigenvalue weighted by Crippen LogP contribution is 2.17. The summed E-state index contributed by atoms with van der Waals surface area (Å²) in [6, 6.07) is 0. The molecule has 82 valence electrons. The molecule has 0 radical (unpaired) electrons. The van der Waals surface area contributed by atoms with Crippen molar-refractivity contribution in [3.8, 4) is 5.88 Å². The summed E-state index contributed by atoms with van der Waals surface area (Å²) < 4.78 is 5.84. The van der Waals surface area contributed by atoms with Gasteiger partial charge in [-0.2, -0.15) is 0 Å². The van der Waals surface area contributed by atoms with Gasteiger partial charge in [-0.3, -0.25) is 4.79 Å². The first-order valence-electron chi connectivity index (χ1n) is 4.84. The van der Waals surface area contributed by atoms with Crippen LogP contribution >= 0.6 is 15.9 Å². The summed E-state index contributed by atoms with van der Waals surface area (Å²) >= 11 is 3.14. The lowest BCUT2D eigenvalue weighted by Crippen LogP contribution is -2.17. The van der Waals surface area contributed by atoms with Crippen molar-refractivity contribution in [1.82, 2.24) is 15.3 Å². The zero-order valence-electron chi connectivity index (χ0n) is 8.12. The SMILES string of the molecule is O=c1[nH]cnc(OCC2CCNC2)c1Br. The topological polar surface area (TPSA) is 67.0 Å². The van der Waals surface area contributed by atoms with Crippen LogP contribution in [0.5, 0.6) is 5.88 Å². The fraction of sp³-hybridized carbons (Fsp3) is 0.556. The Bertz CT molecular complexity index is 387. The van der Waals surface area contributed by atoms with Crippen LogP contribution in [0.4, 0.5) is 0 Å². The van der Waals surface area contributed by atoms with Gasteiger partial charge in [0.2, 0.25) is 5.88 Å². The van der Waals surface area contributed by atoms with Gasteiger partial charge in [0.25, 0.3) is 5.56 Å². The van der Waals surface area contributed by atoms with Crippen LogP contribution in [0.2, 0.25) is 0 Å². The van der Waals surface area contributed by atoms with E-state index in [-0.39, 0.29) is 5.56 Å². The van der Waals surface area contributed by atoms with Crippen molar-refractivity contribution in [2.45, 2.75) is 6.42 Å². The minimum atomic E-state index is -0.218. The minimum Gasteiger partial charge on any atom is -0.476 e. The maximum Gasteiger partial charge on any atom is 0.268 e. The van der Waals surface area contributed by atoms with Crippen LogP contribution in [0.15, 0.2) is 15.6 Å². The Morgan fingerprint density at radius 2 is 2.53 bits per heavy atom. The molecule has 1 aromatic heterocycles. The van der Waals surface area contributed by atoms with Crippen molar-refractivity contribution in [1.29, 1.82) is 0 Å². The maximum absolute atomic E-state index is 11.2. The third kappa shape index (κ3) is 2.57. The summed E-state index contributed by atoms with van der Waals surface area (Å²) in [6.45, 7) is 2.61. The van der Waals surface area contributed by atoms with Crippen LogP contribution in [0, 0.1) is 5.92 Å². The molecule has 1 unspecified atom stereocenters. The number of aromatic nitrogens is 2. The number of aromatic amines is 1. The summed E-state index contributed by atoms with van der Waals surface area (Å²) in [5, 5.41) is 3.25. The molecule has 0 bridgehead atoms. The molecule has 2 rings (SSSR count). The summed E-state index contributed by atoms with van der Waals surface area (Å²) in [4.78, 5) is 17.6. The highest BCUT2D eigenvalue weighted by Gasteiger charge is 2.16. The number of hydrogen-bond acceptors (Lipinski definition) is 4. The Hall–Kier alpha value is -0.880. The first-order chi connectivity index (χ1) is 7.27. The normalized spacial score (nSPS) is 20.5. The first-order valence-corrected chi connectivity index (χ1v) is 5.63. The number of ether oxygens (including phenoxy) is 1. The fourth-order valence-corrected chi connectivity index (χ4v) is 1.85. The lowest BCUT2D eigenvalue weighted by atomic mass is 10.1. The van der Waals surface area contributed by atoms with E-state index in [4.69, 9.17) is 4.74 Å². The number of hydrogen-bond donors (Lipinski definition) is 2. The molecule has 1 aliphatic rings. The second-order valence-corrected chi connectivity index (χ2v) is 4.31. The molecule has 2 N–H and O–H groups in total. The van der Waals surface area contributed by atoms with Gasteiger partial charge < -0.3 is 15.0 Å². The van der Waals surface area contributed by atoms with Crippen molar-refractivity contribution in [3.63, 3.8) is 0 Å². The Kier molecular flexibility index (Phi) is 3.37. The first kappa shape index (κ1) is 10.6. The lowest BCUT2D eigenvalue weighted by Gasteiger charge is -2.10. The van der Waals surface area contributed by atoms with Gasteiger partial charge in [0, 0.05) is 12.5 Å². The predicted octanol–water partition coefficient (Wildman–Crippen LogP) is 0.521. The van der Waals surface area contributed by atoms with Gasteiger partial charge in [0.15, 0.2) is 0 Å². The van der Waals surface area contributed by atoms with E-state index in [1.54, 1.807) is 0 Å². The molecule has 0 aromatic carbocycles. The molecule has 1 atom stereocenters. The van der Waals surface area contributed by atoms with Gasteiger partial charge in [-0.25, -0.2) is 4.98 Å². The standard InChI is InChI=1S/C9H12BrN3O2/c10-7-8(14)12-5-13-9(7)15-4-6-1-2-11-3-6/h5-6,11H,1-4H2,(H,12,13,14). The van der Waals surface area contributed by atoms with Crippen molar-refractivity contribution in [2.24, 2.45) is 5.92 Å². The van der Waals surface area contributed by atoms with E-state index >= 15 is 0 Å². The highest BCUT2D eigenvalue weighted by molar-refractivity contribution is 9.10. The molecule has 6 heteroatoms. The second kappa shape index (κ2) is 4.76. The second-order valence-electron chi connectivity index (χ2n) is 3.52. The van der Waals surface area contributed by atoms with Crippen LogP contribution in [0.3, 0.4) is 0 Å². The summed E-state index contributed by atoms with van der Waals surface area (Å²) in [5.41, 5.74) is -0.218. The number of nitrogens with zero attached hydrogens (tertiary/aromatic N) is 1. The minimum absolute atomic E-state index is 0.218. The smallest absolute Gasteiger partial charge is 0.268 e. The van der Waals surface area contributed by atoms with Crippen molar-refractivity contribution < 1.29 is 4.74 Å². The van der Waals surface area contributed by atoms with Crippen molar-refractivity contribution in [3.05, 3.63) is 21.2 Å². The third-order valence-corrected chi connectivity index (χ3v) is 3.08. The predicted molar refractivity (Wildman–Crippen MR) is 59.0 cm³/mol. The molecule has 0 saturated carbocycles. The van der Waals surface area contributed by atoms with Crippen LogP contribution in [-0.4, -0.2) is 29.7 Å². The summed E-state index contributed by atoms with van der Waals surface area (Å²) in [6.07, 6.45) is 2.45. The lowest BCUT2D eigenvalue weighted by molar-refractivity contribution is 0.248. The molecule has 1 aromatic rings. The molecule has 15 heavy (non-hydrogen) atoms. The van der Waals surface area contributed by atoms with Crippen molar-refractivity contribution >= 4 is 15.9 Å². The molecule has 1 saturated heterocycles. The molecule has 0 spiro atoms. The Morgan fingerprint density at radius 3 is 3.27 bits per heavy atom. The van der Waals surface area contributed by atoms with Gasteiger partial charge in [0.1, 0.15) is 4.47 Å². The maximum atomic E-state index is 11.2. The molecule has 2 heterocycles. The van der Waals surface area contributed by atoms with Crippen LogP contribution in [-0.2, 0) is 0 Å². The fourth-order valence-electron chi connectivity index (χ4n) is 1.52. The number of nitrogens with one attached hydrogen (secondary N) is 2. The molecule has 5 nitrogen and oxygen atoms in total. The molecular weight excluding hydrogens is 262 g/mol. The van der Waals surface area contributed by atoms with Crippen molar-refractivity contribution in [2.75, 3.05) is 19.7 Å². The Labute approximate surface area is 95.4 Å². The van der Waals surface area contributed by atoms with E-state index in [0.717, 1.165) is 19.5 Å². The Morgan fingerprint density at radius 1 is 1.67 bits per heavy atom. The van der Waals surface area contributed by atoms with E-state index in [9.17, 15) is 4.79 Å². The van der Waals surface area contributed by atoms with Gasteiger partial charge in [-0.05, 0) is 28.9 Å². The third-order valence-electron chi connectivity index (χ3n) is 2.38. The number of halogens is 1.